The molecule has 3 atom stereocenters. The van der Waals surface area contributed by atoms with Gasteiger partial charge in [-0.15, -0.1) is 0 Å². The first kappa shape index (κ1) is 15.4. The molecule has 5 heteroatoms. The fraction of sp³-hybridized carbons (Fsp3) is 0.647. The van der Waals surface area contributed by atoms with E-state index in [0.717, 1.165) is 31.8 Å². The summed E-state index contributed by atoms with van der Waals surface area (Å²) in [5, 5.41) is 3.15. The molecular formula is C17H25N3O2. The van der Waals surface area contributed by atoms with Gasteiger partial charge in [0.15, 0.2) is 0 Å². The molecule has 2 aliphatic heterocycles. The van der Waals surface area contributed by atoms with Crippen molar-refractivity contribution in [2.45, 2.75) is 44.9 Å². The van der Waals surface area contributed by atoms with Crippen molar-refractivity contribution in [1.82, 2.24) is 15.2 Å². The van der Waals surface area contributed by atoms with Crippen LogP contribution in [-0.2, 0) is 16.0 Å². The Morgan fingerprint density at radius 2 is 2.32 bits per heavy atom. The number of hydrogen-bond acceptors (Lipinski definition) is 4. The zero-order valence-electron chi connectivity index (χ0n) is 13.4. The average molecular weight is 303 g/mol. The van der Waals surface area contributed by atoms with E-state index in [-0.39, 0.29) is 11.9 Å². The summed E-state index contributed by atoms with van der Waals surface area (Å²) in [6.45, 7) is 7.11. The van der Waals surface area contributed by atoms with Crippen molar-refractivity contribution in [3.63, 3.8) is 0 Å². The van der Waals surface area contributed by atoms with Gasteiger partial charge in [-0.05, 0) is 24.5 Å². The van der Waals surface area contributed by atoms with Crippen LogP contribution >= 0.6 is 0 Å². The second kappa shape index (κ2) is 6.75. The molecule has 0 bridgehead atoms. The molecule has 22 heavy (non-hydrogen) atoms. The van der Waals surface area contributed by atoms with Gasteiger partial charge < -0.3 is 10.1 Å². The maximum atomic E-state index is 12.1. The molecule has 3 heterocycles. The van der Waals surface area contributed by atoms with Gasteiger partial charge in [0.2, 0.25) is 5.91 Å². The molecule has 120 valence electrons. The summed E-state index contributed by atoms with van der Waals surface area (Å²) < 4.78 is 5.94. The van der Waals surface area contributed by atoms with E-state index in [9.17, 15) is 4.79 Å². The van der Waals surface area contributed by atoms with E-state index in [4.69, 9.17) is 4.74 Å². The number of nitrogens with one attached hydrogen (secondary N) is 1. The number of amides is 1. The standard InChI is InChI=1S/C17H25N3O2/c1-12(2)16-10-20-9-14(7-15(20)11-22-16)19-17(21)8-13-5-3-4-6-18-13/h3-6,12,14-16H,7-11H2,1-2H3,(H,19,21)/t14-,15-,16-/m0/s1. The van der Waals surface area contributed by atoms with Crippen LogP contribution in [-0.4, -0.2) is 53.7 Å². The second-order valence-electron chi connectivity index (χ2n) is 6.72. The Bertz CT molecular complexity index is 506. The van der Waals surface area contributed by atoms with E-state index in [0.29, 0.717) is 24.5 Å². The van der Waals surface area contributed by atoms with E-state index < -0.39 is 0 Å². The number of fused-ring (bicyclic) bond motifs is 1. The molecule has 5 nitrogen and oxygen atoms in total. The van der Waals surface area contributed by atoms with Gasteiger partial charge in [0.1, 0.15) is 0 Å². The smallest absolute Gasteiger partial charge is 0.226 e. The quantitative estimate of drug-likeness (QED) is 0.909. The number of hydrogen-bond donors (Lipinski definition) is 1. The zero-order valence-corrected chi connectivity index (χ0v) is 13.4. The van der Waals surface area contributed by atoms with Gasteiger partial charge >= 0.3 is 0 Å². The van der Waals surface area contributed by atoms with Crippen LogP contribution in [0, 0.1) is 5.92 Å². The number of aromatic nitrogens is 1. The number of morpholine rings is 1. The lowest BCUT2D eigenvalue weighted by atomic mass is 10.0. The highest BCUT2D eigenvalue weighted by Crippen LogP contribution is 2.25. The van der Waals surface area contributed by atoms with E-state index in [1.54, 1.807) is 6.20 Å². The number of carbonyl (C=O) groups excluding carboxylic acids is 1. The molecule has 0 saturated carbocycles. The summed E-state index contributed by atoms with van der Waals surface area (Å²) in [6, 6.07) is 6.35. The summed E-state index contributed by atoms with van der Waals surface area (Å²) in [4.78, 5) is 18.8. The van der Waals surface area contributed by atoms with Gasteiger partial charge in [-0.25, -0.2) is 0 Å². The highest BCUT2D eigenvalue weighted by Gasteiger charge is 2.38. The van der Waals surface area contributed by atoms with Gasteiger partial charge in [0, 0.05) is 37.1 Å². The lowest BCUT2D eigenvalue weighted by Crippen LogP contribution is -2.48. The van der Waals surface area contributed by atoms with Crippen LogP contribution in [0.25, 0.3) is 0 Å². The molecule has 0 spiro atoms. The molecule has 0 radical (unpaired) electrons. The van der Waals surface area contributed by atoms with Crippen LogP contribution in [0.1, 0.15) is 26.0 Å². The predicted octanol–water partition coefficient (Wildman–Crippen LogP) is 1.24. The summed E-state index contributed by atoms with van der Waals surface area (Å²) in [6.07, 6.45) is 3.38. The van der Waals surface area contributed by atoms with Crippen molar-refractivity contribution < 1.29 is 9.53 Å². The maximum absolute atomic E-state index is 12.1. The Balaban J connectivity index is 1.50. The minimum atomic E-state index is 0.0601. The topological polar surface area (TPSA) is 54.5 Å². The predicted molar refractivity (Wildman–Crippen MR) is 84.4 cm³/mol. The normalized spacial score (nSPS) is 28.6. The third-order valence-electron chi connectivity index (χ3n) is 4.62. The van der Waals surface area contributed by atoms with Crippen molar-refractivity contribution in [1.29, 1.82) is 0 Å². The SMILES string of the molecule is CC(C)[C@@H]1CN2C[C@@H](NC(=O)Cc3ccccn3)C[C@H]2CO1. The number of carbonyl (C=O) groups is 1. The third kappa shape index (κ3) is 3.65. The van der Waals surface area contributed by atoms with Crippen molar-refractivity contribution in [2.24, 2.45) is 5.92 Å². The van der Waals surface area contributed by atoms with Crippen molar-refractivity contribution >= 4 is 5.91 Å². The van der Waals surface area contributed by atoms with Gasteiger partial charge in [-0.3, -0.25) is 14.7 Å². The first-order chi connectivity index (χ1) is 10.6. The first-order valence-corrected chi connectivity index (χ1v) is 8.16. The molecule has 1 aromatic heterocycles. The monoisotopic (exact) mass is 303 g/mol. The van der Waals surface area contributed by atoms with Crippen LogP contribution in [0.4, 0.5) is 0 Å². The van der Waals surface area contributed by atoms with E-state index in [2.05, 4.69) is 29.0 Å². The molecule has 1 aromatic rings. The minimum absolute atomic E-state index is 0.0601. The average Bonchev–Trinajstić information content (AvgIpc) is 2.89. The van der Waals surface area contributed by atoms with Crippen LogP contribution in [0.2, 0.25) is 0 Å². The fourth-order valence-corrected chi connectivity index (χ4v) is 3.35. The van der Waals surface area contributed by atoms with E-state index >= 15 is 0 Å². The Morgan fingerprint density at radius 3 is 3.05 bits per heavy atom. The molecule has 2 fully saturated rings. The molecule has 0 unspecified atom stereocenters. The summed E-state index contributed by atoms with van der Waals surface area (Å²) in [7, 11) is 0. The molecule has 0 aliphatic carbocycles. The summed E-state index contributed by atoms with van der Waals surface area (Å²) in [5.41, 5.74) is 0.818. The molecular weight excluding hydrogens is 278 g/mol. The second-order valence-corrected chi connectivity index (χ2v) is 6.72. The van der Waals surface area contributed by atoms with Gasteiger partial charge in [0.25, 0.3) is 0 Å². The Morgan fingerprint density at radius 1 is 1.45 bits per heavy atom. The number of nitrogens with zero attached hydrogens (tertiary/aromatic N) is 2. The van der Waals surface area contributed by atoms with Crippen molar-refractivity contribution in [3.05, 3.63) is 30.1 Å². The number of rotatable bonds is 4. The highest BCUT2D eigenvalue weighted by molar-refractivity contribution is 5.78. The van der Waals surface area contributed by atoms with Crippen LogP contribution in [0.15, 0.2) is 24.4 Å². The Kier molecular flexibility index (Phi) is 4.74. The van der Waals surface area contributed by atoms with Crippen LogP contribution < -0.4 is 5.32 Å². The molecule has 1 amide bonds. The van der Waals surface area contributed by atoms with Gasteiger partial charge in [0.05, 0.1) is 19.1 Å². The lowest BCUT2D eigenvalue weighted by molar-refractivity contribution is -0.121. The maximum Gasteiger partial charge on any atom is 0.226 e. The molecule has 3 rings (SSSR count). The van der Waals surface area contributed by atoms with Crippen LogP contribution in [0.3, 0.4) is 0 Å². The number of pyridine rings is 1. The van der Waals surface area contributed by atoms with Gasteiger partial charge in [-0.2, -0.15) is 0 Å². The third-order valence-corrected chi connectivity index (χ3v) is 4.62. The first-order valence-electron chi connectivity index (χ1n) is 8.16. The molecule has 1 N–H and O–H groups in total. The number of ether oxygens (including phenoxy) is 1. The molecule has 2 saturated heterocycles. The Labute approximate surface area is 132 Å². The van der Waals surface area contributed by atoms with E-state index in [1.807, 2.05) is 18.2 Å². The molecule has 2 aliphatic rings. The fourth-order valence-electron chi connectivity index (χ4n) is 3.35. The Hall–Kier alpha value is -1.46. The zero-order chi connectivity index (χ0) is 15.5. The van der Waals surface area contributed by atoms with Crippen molar-refractivity contribution in [3.8, 4) is 0 Å². The summed E-state index contributed by atoms with van der Waals surface area (Å²) in [5.74, 6) is 0.601. The van der Waals surface area contributed by atoms with Crippen molar-refractivity contribution in [2.75, 3.05) is 19.7 Å². The van der Waals surface area contributed by atoms with E-state index in [1.165, 1.54) is 0 Å². The lowest BCUT2D eigenvalue weighted by Gasteiger charge is -2.36. The largest absolute Gasteiger partial charge is 0.375 e. The van der Waals surface area contributed by atoms with Crippen LogP contribution in [0.5, 0.6) is 0 Å². The highest BCUT2D eigenvalue weighted by atomic mass is 16.5. The summed E-state index contributed by atoms with van der Waals surface area (Å²) >= 11 is 0. The van der Waals surface area contributed by atoms with Gasteiger partial charge in [-0.1, -0.05) is 19.9 Å². The molecule has 0 aromatic carbocycles. The minimum Gasteiger partial charge on any atom is -0.375 e.